The minimum atomic E-state index is -0.527. The minimum absolute atomic E-state index is 0.0851. The van der Waals surface area contributed by atoms with E-state index in [0.29, 0.717) is 12.1 Å². The van der Waals surface area contributed by atoms with Crippen molar-refractivity contribution in [2.24, 2.45) is 0 Å². The van der Waals surface area contributed by atoms with Crippen molar-refractivity contribution in [2.75, 3.05) is 12.4 Å². The molecular formula is C18H26N2O3. The van der Waals surface area contributed by atoms with Gasteiger partial charge in [-0.2, -0.15) is 0 Å². The van der Waals surface area contributed by atoms with Gasteiger partial charge in [0.2, 0.25) is 5.91 Å². The average Bonchev–Trinajstić information content (AvgIpc) is 2.56. The third-order valence-corrected chi connectivity index (χ3v) is 3.73. The lowest BCUT2D eigenvalue weighted by atomic mass is 10.1. The highest BCUT2D eigenvalue weighted by molar-refractivity contribution is 5.91. The van der Waals surface area contributed by atoms with E-state index >= 15 is 0 Å². The van der Waals surface area contributed by atoms with Gasteiger partial charge in [0.25, 0.3) is 0 Å². The Morgan fingerprint density at radius 1 is 1.39 bits per heavy atom. The topological polar surface area (TPSA) is 58.6 Å². The van der Waals surface area contributed by atoms with Gasteiger partial charge in [0.15, 0.2) is 0 Å². The minimum Gasteiger partial charge on any atom is -0.456 e. The summed E-state index contributed by atoms with van der Waals surface area (Å²) in [6.45, 7) is 8.08. The molecule has 0 unspecified atom stereocenters. The van der Waals surface area contributed by atoms with E-state index in [2.05, 4.69) is 12.2 Å². The van der Waals surface area contributed by atoms with Crippen molar-refractivity contribution < 1.29 is 14.3 Å². The van der Waals surface area contributed by atoms with Crippen molar-refractivity contribution in [1.82, 2.24) is 4.90 Å². The van der Waals surface area contributed by atoms with E-state index in [9.17, 15) is 9.59 Å². The number of esters is 1. The number of hydrogen-bond acceptors (Lipinski definition) is 4. The molecule has 5 nitrogen and oxygen atoms in total. The van der Waals surface area contributed by atoms with E-state index in [1.807, 2.05) is 32.9 Å². The maximum Gasteiger partial charge on any atom is 0.338 e. The molecule has 0 saturated heterocycles. The van der Waals surface area contributed by atoms with Crippen LogP contribution in [0.3, 0.4) is 0 Å². The Kier molecular flexibility index (Phi) is 4.97. The monoisotopic (exact) mass is 318 g/mol. The molecule has 1 atom stereocenters. The summed E-state index contributed by atoms with van der Waals surface area (Å²) in [4.78, 5) is 26.3. The number of rotatable bonds is 3. The first kappa shape index (κ1) is 17.3. The average molecular weight is 318 g/mol. The van der Waals surface area contributed by atoms with Crippen LogP contribution in [0.15, 0.2) is 18.2 Å². The molecule has 0 aromatic heterocycles. The van der Waals surface area contributed by atoms with Gasteiger partial charge in [-0.05, 0) is 51.0 Å². The number of likely N-dealkylation sites (N-methyl/N-ethyl adjacent to an activating group) is 1. The summed E-state index contributed by atoms with van der Waals surface area (Å²) in [7, 11) is 1.79. The van der Waals surface area contributed by atoms with Gasteiger partial charge < -0.3 is 15.0 Å². The second kappa shape index (κ2) is 6.60. The van der Waals surface area contributed by atoms with Gasteiger partial charge in [-0.15, -0.1) is 0 Å². The summed E-state index contributed by atoms with van der Waals surface area (Å²) in [5.74, 6) is -0.259. The number of nitrogens with one attached hydrogen (secondary N) is 1. The van der Waals surface area contributed by atoms with Crippen LogP contribution in [0.1, 0.15) is 56.5 Å². The second-order valence-electron chi connectivity index (χ2n) is 7.05. The van der Waals surface area contributed by atoms with Gasteiger partial charge in [0.05, 0.1) is 5.56 Å². The molecule has 1 aromatic carbocycles. The van der Waals surface area contributed by atoms with Gasteiger partial charge in [-0.3, -0.25) is 4.79 Å². The molecule has 0 bridgehead atoms. The van der Waals surface area contributed by atoms with Crippen LogP contribution in [0.2, 0.25) is 0 Å². The largest absolute Gasteiger partial charge is 0.456 e. The number of carbonyl (C=O) groups excluding carboxylic acids is 2. The number of fused-ring (bicyclic) bond motifs is 1. The Balaban J connectivity index is 2.28. The third-order valence-electron chi connectivity index (χ3n) is 3.73. The van der Waals surface area contributed by atoms with Crippen molar-refractivity contribution in [3.63, 3.8) is 0 Å². The van der Waals surface area contributed by atoms with Crippen molar-refractivity contribution >= 4 is 17.6 Å². The molecule has 23 heavy (non-hydrogen) atoms. The van der Waals surface area contributed by atoms with Crippen LogP contribution in [-0.4, -0.2) is 35.5 Å². The summed E-state index contributed by atoms with van der Waals surface area (Å²) in [5.41, 5.74) is 1.83. The van der Waals surface area contributed by atoms with Crippen LogP contribution in [0, 0.1) is 0 Å². The zero-order valence-electron chi connectivity index (χ0n) is 14.6. The SMILES string of the molecule is CCC[C@H]1Nc2ccc(C(=O)OC(C)(C)C)cc2CN(C)C1=O. The number of amides is 1. The summed E-state index contributed by atoms with van der Waals surface area (Å²) in [6, 6.07) is 5.22. The fourth-order valence-corrected chi connectivity index (χ4v) is 2.66. The number of nitrogens with zero attached hydrogens (tertiary/aromatic N) is 1. The lowest BCUT2D eigenvalue weighted by molar-refractivity contribution is -0.131. The van der Waals surface area contributed by atoms with E-state index in [4.69, 9.17) is 4.74 Å². The standard InChI is InChI=1S/C18H26N2O3/c1-6-7-15-16(21)20(5)11-13-10-12(8-9-14(13)19-15)17(22)23-18(2,3)4/h8-10,15,19H,6-7,11H2,1-5H3/t15-/m1/s1. The maximum atomic E-state index is 12.4. The number of benzene rings is 1. The molecule has 1 aromatic rings. The fourth-order valence-electron chi connectivity index (χ4n) is 2.66. The second-order valence-corrected chi connectivity index (χ2v) is 7.05. The molecule has 1 aliphatic rings. The molecule has 126 valence electrons. The van der Waals surface area contributed by atoms with Crippen LogP contribution >= 0.6 is 0 Å². The molecule has 2 rings (SSSR count). The quantitative estimate of drug-likeness (QED) is 0.870. The third kappa shape index (κ3) is 4.24. The van der Waals surface area contributed by atoms with E-state index in [1.54, 1.807) is 18.0 Å². The lowest BCUT2D eigenvalue weighted by Gasteiger charge is -2.20. The highest BCUT2D eigenvalue weighted by atomic mass is 16.6. The molecule has 5 heteroatoms. The Labute approximate surface area is 138 Å². The normalized spacial score (nSPS) is 18.0. The van der Waals surface area contributed by atoms with E-state index in [0.717, 1.165) is 24.1 Å². The fraction of sp³-hybridized carbons (Fsp3) is 0.556. The van der Waals surface area contributed by atoms with Crippen molar-refractivity contribution in [1.29, 1.82) is 0 Å². The van der Waals surface area contributed by atoms with E-state index < -0.39 is 5.60 Å². The zero-order chi connectivity index (χ0) is 17.2. The molecule has 1 aliphatic heterocycles. The van der Waals surface area contributed by atoms with Crippen molar-refractivity contribution in [3.8, 4) is 0 Å². The lowest BCUT2D eigenvalue weighted by Crippen LogP contribution is -2.38. The van der Waals surface area contributed by atoms with Gasteiger partial charge in [-0.25, -0.2) is 4.79 Å². The molecule has 0 radical (unpaired) electrons. The summed E-state index contributed by atoms with van der Waals surface area (Å²) < 4.78 is 5.41. The Bertz CT molecular complexity index is 605. The number of anilines is 1. The van der Waals surface area contributed by atoms with Crippen LogP contribution in [0.4, 0.5) is 5.69 Å². The van der Waals surface area contributed by atoms with E-state index in [-0.39, 0.29) is 17.9 Å². The van der Waals surface area contributed by atoms with Crippen LogP contribution in [0.5, 0.6) is 0 Å². The Hall–Kier alpha value is -2.04. The maximum absolute atomic E-state index is 12.4. The summed E-state index contributed by atoms with van der Waals surface area (Å²) >= 11 is 0. The van der Waals surface area contributed by atoms with Crippen LogP contribution < -0.4 is 5.32 Å². The van der Waals surface area contributed by atoms with Gasteiger partial charge in [0, 0.05) is 19.3 Å². The molecule has 0 saturated carbocycles. The van der Waals surface area contributed by atoms with E-state index in [1.165, 1.54) is 0 Å². The first-order valence-corrected chi connectivity index (χ1v) is 8.09. The zero-order valence-corrected chi connectivity index (χ0v) is 14.6. The summed E-state index contributed by atoms with van der Waals surface area (Å²) in [6.07, 6.45) is 1.72. The molecule has 0 spiro atoms. The molecule has 1 amide bonds. The van der Waals surface area contributed by atoms with Gasteiger partial charge in [0.1, 0.15) is 11.6 Å². The molecule has 1 heterocycles. The van der Waals surface area contributed by atoms with Crippen molar-refractivity contribution in [3.05, 3.63) is 29.3 Å². The van der Waals surface area contributed by atoms with Crippen LogP contribution in [0.25, 0.3) is 0 Å². The van der Waals surface area contributed by atoms with Gasteiger partial charge in [-0.1, -0.05) is 13.3 Å². The summed E-state index contributed by atoms with van der Waals surface area (Å²) in [5, 5.41) is 3.31. The smallest absolute Gasteiger partial charge is 0.338 e. The predicted octanol–water partition coefficient (Wildman–Crippen LogP) is 3.19. The number of ether oxygens (including phenoxy) is 1. The molecule has 0 fully saturated rings. The highest BCUT2D eigenvalue weighted by Gasteiger charge is 2.27. The number of hydrogen-bond donors (Lipinski definition) is 1. The molecular weight excluding hydrogens is 292 g/mol. The predicted molar refractivity (Wildman–Crippen MR) is 90.4 cm³/mol. The Morgan fingerprint density at radius 2 is 2.09 bits per heavy atom. The first-order chi connectivity index (χ1) is 10.7. The first-order valence-electron chi connectivity index (χ1n) is 8.09. The number of carbonyl (C=O) groups is 2. The van der Waals surface area contributed by atoms with Crippen LogP contribution in [-0.2, 0) is 16.1 Å². The molecule has 1 N–H and O–H groups in total. The Morgan fingerprint density at radius 3 is 2.70 bits per heavy atom. The van der Waals surface area contributed by atoms with Gasteiger partial charge >= 0.3 is 5.97 Å². The highest BCUT2D eigenvalue weighted by Crippen LogP contribution is 2.26. The van der Waals surface area contributed by atoms with Crippen molar-refractivity contribution in [2.45, 2.75) is 58.7 Å². The molecule has 0 aliphatic carbocycles.